The van der Waals surface area contributed by atoms with Crippen LogP contribution in [0.15, 0.2) is 24.3 Å². The van der Waals surface area contributed by atoms with Gasteiger partial charge in [-0.05, 0) is 37.3 Å². The molecule has 96 valence electrons. The van der Waals surface area contributed by atoms with Crippen LogP contribution in [0, 0.1) is 5.92 Å². The van der Waals surface area contributed by atoms with Crippen molar-refractivity contribution in [3.8, 4) is 0 Å². The first-order valence-corrected chi connectivity index (χ1v) is 6.45. The van der Waals surface area contributed by atoms with Crippen LogP contribution in [0.4, 0.5) is 0 Å². The quantitative estimate of drug-likeness (QED) is 0.605. The van der Waals surface area contributed by atoms with E-state index in [1.165, 1.54) is 11.1 Å². The normalized spacial score (nSPS) is 17.9. The van der Waals surface area contributed by atoms with Gasteiger partial charge in [0, 0.05) is 5.92 Å². The van der Waals surface area contributed by atoms with Gasteiger partial charge in [0.1, 0.15) is 12.2 Å². The van der Waals surface area contributed by atoms with E-state index in [-0.39, 0.29) is 18.1 Å². The van der Waals surface area contributed by atoms with E-state index in [1.54, 1.807) is 6.92 Å². The number of Topliss-reactive ketones (excluding diaryl/α,β-unsaturated/α-hetero) is 1. The van der Waals surface area contributed by atoms with E-state index in [1.807, 2.05) is 12.1 Å². The molecule has 1 aromatic rings. The van der Waals surface area contributed by atoms with Crippen LogP contribution in [0.5, 0.6) is 0 Å². The number of carbonyl (C=O) groups is 2. The first-order chi connectivity index (χ1) is 8.70. The molecule has 3 heteroatoms. The minimum Gasteiger partial charge on any atom is -0.466 e. The molecule has 0 radical (unpaired) electrons. The fraction of sp³-hybridized carbons (Fsp3) is 0.467. The highest BCUT2D eigenvalue weighted by atomic mass is 16.5. The molecule has 0 fully saturated rings. The zero-order valence-corrected chi connectivity index (χ0v) is 10.6. The van der Waals surface area contributed by atoms with Crippen molar-refractivity contribution in [3.05, 3.63) is 35.4 Å². The smallest absolute Gasteiger partial charge is 0.313 e. The molecule has 0 aliphatic heterocycles. The molecule has 0 bridgehead atoms. The van der Waals surface area contributed by atoms with Gasteiger partial charge in [-0.3, -0.25) is 9.59 Å². The van der Waals surface area contributed by atoms with Crippen molar-refractivity contribution in [1.82, 2.24) is 0 Å². The van der Waals surface area contributed by atoms with Gasteiger partial charge < -0.3 is 4.74 Å². The molecule has 18 heavy (non-hydrogen) atoms. The predicted molar refractivity (Wildman–Crippen MR) is 68.2 cm³/mol. The Kier molecular flexibility index (Phi) is 4.13. The van der Waals surface area contributed by atoms with Crippen molar-refractivity contribution in [3.63, 3.8) is 0 Å². The maximum absolute atomic E-state index is 12.0. The van der Waals surface area contributed by atoms with Crippen LogP contribution >= 0.6 is 0 Å². The molecule has 0 unspecified atom stereocenters. The number of esters is 1. The number of ketones is 1. The molecule has 0 saturated carbocycles. The SMILES string of the molecule is CCOC(=O)CC(=O)[C@@H]1CCc2ccccc2C1. The minimum atomic E-state index is -0.402. The third-order valence-corrected chi connectivity index (χ3v) is 3.43. The van der Waals surface area contributed by atoms with Crippen LogP contribution in [0.25, 0.3) is 0 Å². The fourth-order valence-corrected chi connectivity index (χ4v) is 2.47. The van der Waals surface area contributed by atoms with E-state index in [0.29, 0.717) is 6.61 Å². The third kappa shape index (κ3) is 2.97. The molecule has 1 aliphatic carbocycles. The maximum atomic E-state index is 12.0. The lowest BCUT2D eigenvalue weighted by atomic mass is 9.81. The average Bonchev–Trinajstić information content (AvgIpc) is 2.38. The number of fused-ring (bicyclic) bond motifs is 1. The van der Waals surface area contributed by atoms with Crippen LogP contribution in [0.3, 0.4) is 0 Å². The van der Waals surface area contributed by atoms with Crippen molar-refractivity contribution in [1.29, 1.82) is 0 Å². The van der Waals surface area contributed by atoms with E-state index < -0.39 is 5.97 Å². The molecular weight excluding hydrogens is 228 g/mol. The number of aryl methyl sites for hydroxylation is 1. The van der Waals surface area contributed by atoms with Crippen molar-refractivity contribution in [2.45, 2.75) is 32.6 Å². The summed E-state index contributed by atoms with van der Waals surface area (Å²) in [6.07, 6.45) is 2.44. The lowest BCUT2D eigenvalue weighted by Crippen LogP contribution is -2.25. The molecule has 1 aromatic carbocycles. The zero-order valence-electron chi connectivity index (χ0n) is 10.6. The molecule has 1 aliphatic rings. The van der Waals surface area contributed by atoms with Crippen LogP contribution < -0.4 is 0 Å². The molecule has 0 amide bonds. The summed E-state index contributed by atoms with van der Waals surface area (Å²) < 4.78 is 4.81. The summed E-state index contributed by atoms with van der Waals surface area (Å²) in [7, 11) is 0. The van der Waals surface area contributed by atoms with Crippen LogP contribution in [0.1, 0.15) is 30.9 Å². The summed E-state index contributed by atoms with van der Waals surface area (Å²) in [4.78, 5) is 23.3. The van der Waals surface area contributed by atoms with E-state index in [2.05, 4.69) is 12.1 Å². The van der Waals surface area contributed by atoms with Crippen molar-refractivity contribution in [2.24, 2.45) is 5.92 Å². The van der Waals surface area contributed by atoms with E-state index in [9.17, 15) is 9.59 Å². The van der Waals surface area contributed by atoms with Gasteiger partial charge in [-0.2, -0.15) is 0 Å². The Morgan fingerprint density at radius 2 is 2.00 bits per heavy atom. The Bertz CT molecular complexity index is 451. The number of hydrogen-bond donors (Lipinski definition) is 0. The van der Waals surface area contributed by atoms with Crippen molar-refractivity contribution < 1.29 is 14.3 Å². The average molecular weight is 246 g/mol. The van der Waals surface area contributed by atoms with Gasteiger partial charge in [-0.1, -0.05) is 24.3 Å². The third-order valence-electron chi connectivity index (χ3n) is 3.43. The van der Waals surface area contributed by atoms with Gasteiger partial charge in [0.15, 0.2) is 0 Å². The topological polar surface area (TPSA) is 43.4 Å². The lowest BCUT2D eigenvalue weighted by molar-refractivity contribution is -0.146. The van der Waals surface area contributed by atoms with Crippen LogP contribution in [0.2, 0.25) is 0 Å². The van der Waals surface area contributed by atoms with Gasteiger partial charge in [-0.15, -0.1) is 0 Å². The van der Waals surface area contributed by atoms with E-state index in [4.69, 9.17) is 4.74 Å². The number of carbonyl (C=O) groups excluding carboxylic acids is 2. The summed E-state index contributed by atoms with van der Waals surface area (Å²) in [6, 6.07) is 8.21. The highest BCUT2D eigenvalue weighted by Crippen LogP contribution is 2.26. The first kappa shape index (κ1) is 12.8. The second-order valence-corrected chi connectivity index (χ2v) is 4.66. The van der Waals surface area contributed by atoms with Gasteiger partial charge >= 0.3 is 5.97 Å². The second kappa shape index (κ2) is 5.80. The van der Waals surface area contributed by atoms with Gasteiger partial charge in [0.05, 0.1) is 6.61 Å². The minimum absolute atomic E-state index is 0.0166. The van der Waals surface area contributed by atoms with Gasteiger partial charge in [0.25, 0.3) is 0 Å². The highest BCUT2D eigenvalue weighted by Gasteiger charge is 2.25. The number of rotatable bonds is 4. The first-order valence-electron chi connectivity index (χ1n) is 6.45. The molecular formula is C15H18O3. The highest BCUT2D eigenvalue weighted by molar-refractivity contribution is 5.97. The van der Waals surface area contributed by atoms with Crippen molar-refractivity contribution >= 4 is 11.8 Å². The van der Waals surface area contributed by atoms with Crippen LogP contribution in [-0.2, 0) is 27.2 Å². The Balaban J connectivity index is 1.96. The molecule has 0 heterocycles. The van der Waals surface area contributed by atoms with Gasteiger partial charge in [0.2, 0.25) is 0 Å². The van der Waals surface area contributed by atoms with Gasteiger partial charge in [-0.25, -0.2) is 0 Å². The molecule has 2 rings (SSSR count). The predicted octanol–water partition coefficient (Wildman–Crippen LogP) is 2.31. The number of ether oxygens (including phenoxy) is 1. The molecule has 1 atom stereocenters. The molecule has 0 aromatic heterocycles. The van der Waals surface area contributed by atoms with Crippen molar-refractivity contribution in [2.75, 3.05) is 6.61 Å². The number of hydrogen-bond acceptors (Lipinski definition) is 3. The number of benzene rings is 1. The summed E-state index contributed by atoms with van der Waals surface area (Å²) in [6.45, 7) is 2.08. The fourth-order valence-electron chi connectivity index (χ4n) is 2.47. The van der Waals surface area contributed by atoms with Crippen LogP contribution in [-0.4, -0.2) is 18.4 Å². The zero-order chi connectivity index (χ0) is 13.0. The largest absolute Gasteiger partial charge is 0.466 e. The molecule has 3 nitrogen and oxygen atoms in total. The molecule has 0 N–H and O–H groups in total. The van der Waals surface area contributed by atoms with E-state index >= 15 is 0 Å². The standard InChI is InChI=1S/C15H18O3/c1-2-18-15(17)10-14(16)13-8-7-11-5-3-4-6-12(11)9-13/h3-6,13H,2,7-10H2,1H3/t13-/m1/s1. The monoisotopic (exact) mass is 246 g/mol. The summed E-state index contributed by atoms with van der Waals surface area (Å²) in [5.74, 6) is -0.409. The Hall–Kier alpha value is -1.64. The molecule has 0 saturated heterocycles. The lowest BCUT2D eigenvalue weighted by Gasteiger charge is -2.23. The Morgan fingerprint density at radius 3 is 2.72 bits per heavy atom. The second-order valence-electron chi connectivity index (χ2n) is 4.66. The summed E-state index contributed by atoms with van der Waals surface area (Å²) in [5.41, 5.74) is 2.57. The Morgan fingerprint density at radius 1 is 1.28 bits per heavy atom. The summed E-state index contributed by atoms with van der Waals surface area (Å²) >= 11 is 0. The maximum Gasteiger partial charge on any atom is 0.313 e. The Labute approximate surface area is 107 Å². The summed E-state index contributed by atoms with van der Waals surface area (Å²) in [5, 5.41) is 0. The molecule has 0 spiro atoms. The van der Waals surface area contributed by atoms with E-state index in [0.717, 1.165) is 19.3 Å².